The highest BCUT2D eigenvalue weighted by molar-refractivity contribution is 7.17. The first kappa shape index (κ1) is 24.7. The van der Waals surface area contributed by atoms with Gasteiger partial charge in [-0.2, -0.15) is 0 Å². The summed E-state index contributed by atoms with van der Waals surface area (Å²) in [6.45, 7) is 7.43. The number of fused-ring (bicyclic) bond motifs is 2. The van der Waals surface area contributed by atoms with Crippen LogP contribution in [0.5, 0.6) is 0 Å². The topological polar surface area (TPSA) is 115 Å². The van der Waals surface area contributed by atoms with Crippen molar-refractivity contribution in [3.63, 3.8) is 0 Å². The number of thiophene rings is 1. The van der Waals surface area contributed by atoms with Gasteiger partial charge in [-0.1, -0.05) is 18.6 Å². The third-order valence-electron chi connectivity index (χ3n) is 6.09. The van der Waals surface area contributed by atoms with E-state index in [0.29, 0.717) is 27.4 Å². The van der Waals surface area contributed by atoms with E-state index >= 15 is 0 Å². The standard InChI is InChI=1S/C26H28N2O6S/c1-5-33-26(32)22-16-8-6-14(3)11-21(16)35-24(22)28-23(30)15(4)34-25(31)19-12-20(29)17-10-13(2)7-9-18(17)27-19/h7,9-10,12,14-15H,5-6,8,11H2,1-4H3,(H,27,29)(H,28,30)/t14-,15+/m1/s1. The van der Waals surface area contributed by atoms with Crippen molar-refractivity contribution >= 4 is 45.1 Å². The van der Waals surface area contributed by atoms with Crippen molar-refractivity contribution in [1.29, 1.82) is 0 Å². The van der Waals surface area contributed by atoms with Crippen LogP contribution in [0, 0.1) is 12.8 Å². The summed E-state index contributed by atoms with van der Waals surface area (Å²) in [7, 11) is 0. The van der Waals surface area contributed by atoms with E-state index in [2.05, 4.69) is 17.2 Å². The number of rotatable bonds is 6. The average molecular weight is 497 g/mol. The number of carbonyl (C=O) groups excluding carboxylic acids is 3. The van der Waals surface area contributed by atoms with Gasteiger partial charge in [0, 0.05) is 21.8 Å². The number of anilines is 1. The molecular weight excluding hydrogens is 468 g/mol. The molecule has 9 heteroatoms. The number of aromatic nitrogens is 1. The molecule has 0 unspecified atom stereocenters. The van der Waals surface area contributed by atoms with Gasteiger partial charge < -0.3 is 19.8 Å². The number of pyridine rings is 1. The second kappa shape index (κ2) is 10.0. The van der Waals surface area contributed by atoms with Gasteiger partial charge >= 0.3 is 11.9 Å². The molecule has 1 amide bonds. The van der Waals surface area contributed by atoms with E-state index in [1.807, 2.05) is 13.0 Å². The Morgan fingerprint density at radius 2 is 2.00 bits per heavy atom. The molecule has 0 fully saturated rings. The highest BCUT2D eigenvalue weighted by Gasteiger charge is 2.30. The summed E-state index contributed by atoms with van der Waals surface area (Å²) in [5.74, 6) is -1.37. The molecule has 8 nitrogen and oxygen atoms in total. The zero-order valence-corrected chi connectivity index (χ0v) is 21.0. The molecule has 184 valence electrons. The lowest BCUT2D eigenvalue weighted by molar-refractivity contribution is -0.123. The van der Waals surface area contributed by atoms with E-state index in [-0.39, 0.29) is 17.7 Å². The van der Waals surface area contributed by atoms with Crippen LogP contribution >= 0.6 is 11.3 Å². The number of aromatic amines is 1. The van der Waals surface area contributed by atoms with Crippen LogP contribution in [0.3, 0.4) is 0 Å². The number of esters is 2. The van der Waals surface area contributed by atoms with Crippen LogP contribution in [0.1, 0.15) is 64.0 Å². The third kappa shape index (κ3) is 5.14. The van der Waals surface area contributed by atoms with Crippen molar-refractivity contribution in [2.24, 2.45) is 5.92 Å². The minimum atomic E-state index is -1.16. The molecule has 2 heterocycles. The molecule has 2 atom stereocenters. The molecule has 1 aromatic carbocycles. The average Bonchev–Trinajstić information content (AvgIpc) is 3.16. The first-order valence-corrected chi connectivity index (χ1v) is 12.5. The van der Waals surface area contributed by atoms with Crippen LogP contribution < -0.4 is 10.7 Å². The lowest BCUT2D eigenvalue weighted by Crippen LogP contribution is -2.31. The van der Waals surface area contributed by atoms with Gasteiger partial charge in [-0.3, -0.25) is 9.59 Å². The number of benzene rings is 1. The Balaban J connectivity index is 1.52. The Kier molecular flexibility index (Phi) is 7.07. The summed E-state index contributed by atoms with van der Waals surface area (Å²) in [5, 5.41) is 3.63. The Morgan fingerprint density at radius 1 is 1.23 bits per heavy atom. The number of aryl methyl sites for hydroxylation is 1. The minimum Gasteiger partial charge on any atom is -0.462 e. The number of carbonyl (C=O) groups is 3. The maximum absolute atomic E-state index is 12.9. The number of hydrogen-bond acceptors (Lipinski definition) is 7. The highest BCUT2D eigenvalue weighted by atomic mass is 32.1. The van der Waals surface area contributed by atoms with E-state index in [0.717, 1.165) is 35.3 Å². The van der Waals surface area contributed by atoms with E-state index < -0.39 is 23.9 Å². The zero-order chi connectivity index (χ0) is 25.3. The molecule has 0 saturated heterocycles. The quantitative estimate of drug-likeness (QED) is 0.490. The van der Waals surface area contributed by atoms with Crippen molar-refractivity contribution in [3.05, 3.63) is 61.8 Å². The molecule has 0 radical (unpaired) electrons. The number of ether oxygens (including phenoxy) is 2. The summed E-state index contributed by atoms with van der Waals surface area (Å²) < 4.78 is 10.6. The summed E-state index contributed by atoms with van der Waals surface area (Å²) in [4.78, 5) is 54.7. The maximum Gasteiger partial charge on any atom is 0.355 e. The van der Waals surface area contributed by atoms with Crippen LogP contribution in [-0.2, 0) is 27.1 Å². The van der Waals surface area contributed by atoms with Gasteiger partial charge in [-0.05, 0) is 63.6 Å². The number of H-pyrrole nitrogens is 1. The van der Waals surface area contributed by atoms with Crippen LogP contribution in [0.15, 0.2) is 29.1 Å². The maximum atomic E-state index is 12.9. The van der Waals surface area contributed by atoms with E-state index in [9.17, 15) is 19.2 Å². The van der Waals surface area contributed by atoms with Gasteiger partial charge in [0.2, 0.25) is 0 Å². The molecular formula is C26H28N2O6S. The molecule has 1 aliphatic rings. The van der Waals surface area contributed by atoms with Crippen molar-refractivity contribution in [2.45, 2.75) is 53.1 Å². The van der Waals surface area contributed by atoms with Crippen LogP contribution in [0.4, 0.5) is 5.00 Å². The first-order chi connectivity index (χ1) is 16.7. The molecule has 3 aromatic rings. The smallest absolute Gasteiger partial charge is 0.355 e. The summed E-state index contributed by atoms with van der Waals surface area (Å²) >= 11 is 1.36. The van der Waals surface area contributed by atoms with Crippen LogP contribution in [-0.4, -0.2) is 35.5 Å². The molecule has 2 N–H and O–H groups in total. The van der Waals surface area contributed by atoms with Gasteiger partial charge in [0.25, 0.3) is 5.91 Å². The number of hydrogen-bond donors (Lipinski definition) is 2. The second-order valence-electron chi connectivity index (χ2n) is 8.91. The van der Waals surface area contributed by atoms with Gasteiger partial charge in [0.05, 0.1) is 12.2 Å². The van der Waals surface area contributed by atoms with Crippen molar-refractivity contribution in [3.8, 4) is 0 Å². The van der Waals surface area contributed by atoms with E-state index in [1.54, 1.807) is 19.1 Å². The fourth-order valence-corrected chi connectivity index (χ4v) is 5.62. The Labute approximate surface area is 206 Å². The lowest BCUT2D eigenvalue weighted by Gasteiger charge is -2.18. The Hall–Kier alpha value is -3.46. The molecule has 35 heavy (non-hydrogen) atoms. The Morgan fingerprint density at radius 3 is 2.74 bits per heavy atom. The van der Waals surface area contributed by atoms with E-state index in [1.165, 1.54) is 24.3 Å². The second-order valence-corrected chi connectivity index (χ2v) is 10.0. The number of amides is 1. The molecule has 2 aromatic heterocycles. The molecule has 0 saturated carbocycles. The third-order valence-corrected chi connectivity index (χ3v) is 7.26. The van der Waals surface area contributed by atoms with Crippen molar-refractivity contribution in [2.75, 3.05) is 11.9 Å². The minimum absolute atomic E-state index is 0.0428. The Bertz CT molecular complexity index is 1370. The molecule has 0 spiro atoms. The molecule has 1 aliphatic carbocycles. The van der Waals surface area contributed by atoms with Crippen molar-refractivity contribution < 1.29 is 23.9 Å². The first-order valence-electron chi connectivity index (χ1n) is 11.6. The van der Waals surface area contributed by atoms with Gasteiger partial charge in [0.1, 0.15) is 10.7 Å². The highest BCUT2D eigenvalue weighted by Crippen LogP contribution is 2.40. The zero-order valence-electron chi connectivity index (χ0n) is 20.2. The summed E-state index contributed by atoms with van der Waals surface area (Å²) in [5.41, 5.74) is 2.39. The fourth-order valence-electron chi connectivity index (χ4n) is 4.22. The largest absolute Gasteiger partial charge is 0.462 e. The summed E-state index contributed by atoms with van der Waals surface area (Å²) in [6.07, 6.45) is 1.38. The molecule has 0 aliphatic heterocycles. The van der Waals surface area contributed by atoms with Crippen LogP contribution in [0.25, 0.3) is 10.9 Å². The predicted octanol–water partition coefficient (Wildman–Crippen LogP) is 4.38. The van der Waals surface area contributed by atoms with Crippen LogP contribution in [0.2, 0.25) is 0 Å². The van der Waals surface area contributed by atoms with Gasteiger partial charge in [0.15, 0.2) is 11.5 Å². The predicted molar refractivity (Wildman–Crippen MR) is 134 cm³/mol. The van der Waals surface area contributed by atoms with Gasteiger partial charge in [-0.15, -0.1) is 11.3 Å². The fraction of sp³-hybridized carbons (Fsp3) is 0.385. The monoisotopic (exact) mass is 496 g/mol. The van der Waals surface area contributed by atoms with Crippen molar-refractivity contribution in [1.82, 2.24) is 4.98 Å². The number of nitrogens with one attached hydrogen (secondary N) is 2. The normalized spacial score (nSPS) is 15.8. The SMILES string of the molecule is CCOC(=O)c1c(NC(=O)[C@H](C)OC(=O)c2cc(=O)c3cc(C)ccc3[nH]2)sc2c1CC[C@@H](C)C2. The summed E-state index contributed by atoms with van der Waals surface area (Å²) in [6, 6.07) is 6.45. The molecule has 4 rings (SSSR count). The lowest BCUT2D eigenvalue weighted by atomic mass is 9.88. The van der Waals surface area contributed by atoms with Gasteiger partial charge in [-0.25, -0.2) is 9.59 Å². The molecule has 0 bridgehead atoms. The van der Waals surface area contributed by atoms with E-state index in [4.69, 9.17) is 9.47 Å².